The van der Waals surface area contributed by atoms with Gasteiger partial charge >= 0.3 is 0 Å². The molecule has 2 rings (SSSR count). The molecule has 0 saturated heterocycles. The fourth-order valence-corrected chi connectivity index (χ4v) is 2.25. The summed E-state index contributed by atoms with van der Waals surface area (Å²) in [6, 6.07) is 8.39. The molecule has 0 saturated carbocycles. The molecular weight excluding hydrogens is 238 g/mol. The van der Waals surface area contributed by atoms with Crippen molar-refractivity contribution >= 4 is 0 Å². The second-order valence-electron chi connectivity index (χ2n) is 4.90. The minimum absolute atomic E-state index is 0.212. The van der Waals surface area contributed by atoms with Crippen LogP contribution in [0.15, 0.2) is 24.3 Å². The summed E-state index contributed by atoms with van der Waals surface area (Å²) < 4.78 is 2.00. The number of benzene rings is 1. The monoisotopic (exact) mass is 260 g/mol. The molecule has 0 amide bonds. The van der Waals surface area contributed by atoms with Crippen molar-refractivity contribution in [2.24, 2.45) is 0 Å². The van der Waals surface area contributed by atoms with Gasteiger partial charge in [-0.3, -0.25) is 0 Å². The molecule has 2 aromatic rings. The molecule has 1 aromatic carbocycles. The summed E-state index contributed by atoms with van der Waals surface area (Å²) in [5.74, 6) is 0. The summed E-state index contributed by atoms with van der Waals surface area (Å²) in [5, 5.41) is 15.6. The zero-order chi connectivity index (χ0) is 13.8. The topological polar surface area (TPSA) is 54.7 Å². The Balaban J connectivity index is 2.27. The van der Waals surface area contributed by atoms with Crippen LogP contribution in [0.3, 0.4) is 0 Å². The first kappa shape index (κ1) is 13.8. The SMILES string of the molecule is Cc1ccc(-n2nc(C)c(C[NH2+]CCO)c2C)cc1. The van der Waals surface area contributed by atoms with Crippen LogP contribution in [0.25, 0.3) is 5.69 Å². The summed E-state index contributed by atoms with van der Waals surface area (Å²) >= 11 is 0. The van der Waals surface area contributed by atoms with Gasteiger partial charge in [0.2, 0.25) is 0 Å². The lowest BCUT2D eigenvalue weighted by molar-refractivity contribution is -0.671. The Morgan fingerprint density at radius 2 is 1.84 bits per heavy atom. The molecule has 0 fully saturated rings. The van der Waals surface area contributed by atoms with Crippen LogP contribution >= 0.6 is 0 Å². The van der Waals surface area contributed by atoms with Crippen molar-refractivity contribution in [2.75, 3.05) is 13.2 Å². The summed E-state index contributed by atoms with van der Waals surface area (Å²) in [7, 11) is 0. The van der Waals surface area contributed by atoms with Crippen molar-refractivity contribution in [3.8, 4) is 5.69 Å². The first-order valence-electron chi connectivity index (χ1n) is 6.68. The molecule has 4 heteroatoms. The van der Waals surface area contributed by atoms with E-state index in [1.807, 2.05) is 11.6 Å². The van der Waals surface area contributed by atoms with Gasteiger partial charge in [0.1, 0.15) is 6.54 Å². The first-order valence-corrected chi connectivity index (χ1v) is 6.68. The van der Waals surface area contributed by atoms with E-state index in [0.717, 1.165) is 24.5 Å². The van der Waals surface area contributed by atoms with Crippen LogP contribution in [0.2, 0.25) is 0 Å². The Hall–Kier alpha value is -1.65. The van der Waals surface area contributed by atoms with E-state index < -0.39 is 0 Å². The van der Waals surface area contributed by atoms with Gasteiger partial charge in [0.05, 0.1) is 35.8 Å². The van der Waals surface area contributed by atoms with E-state index in [0.29, 0.717) is 0 Å². The number of hydrogen-bond donors (Lipinski definition) is 2. The molecule has 0 unspecified atom stereocenters. The van der Waals surface area contributed by atoms with E-state index in [1.165, 1.54) is 16.8 Å². The number of aromatic nitrogens is 2. The Morgan fingerprint density at radius 3 is 2.47 bits per heavy atom. The number of hydrogen-bond acceptors (Lipinski definition) is 2. The highest BCUT2D eigenvalue weighted by Gasteiger charge is 2.13. The normalized spacial score (nSPS) is 10.9. The minimum atomic E-state index is 0.212. The molecule has 0 radical (unpaired) electrons. The van der Waals surface area contributed by atoms with Crippen molar-refractivity contribution in [1.29, 1.82) is 0 Å². The maximum Gasteiger partial charge on any atom is 0.105 e. The highest BCUT2D eigenvalue weighted by atomic mass is 16.3. The lowest BCUT2D eigenvalue weighted by Crippen LogP contribution is -2.83. The zero-order valence-electron chi connectivity index (χ0n) is 11.8. The molecule has 0 aliphatic carbocycles. The van der Waals surface area contributed by atoms with Gasteiger partial charge in [0.25, 0.3) is 0 Å². The van der Waals surface area contributed by atoms with Gasteiger partial charge in [-0.15, -0.1) is 0 Å². The quantitative estimate of drug-likeness (QED) is 0.783. The average Bonchev–Trinajstić information content (AvgIpc) is 2.68. The summed E-state index contributed by atoms with van der Waals surface area (Å²) in [4.78, 5) is 0. The van der Waals surface area contributed by atoms with Gasteiger partial charge in [-0.25, -0.2) is 4.68 Å². The van der Waals surface area contributed by atoms with Crippen LogP contribution in [-0.2, 0) is 6.54 Å². The molecule has 102 valence electrons. The maximum atomic E-state index is 8.84. The van der Waals surface area contributed by atoms with Gasteiger partial charge in [0.15, 0.2) is 0 Å². The Kier molecular flexibility index (Phi) is 4.35. The summed E-state index contributed by atoms with van der Waals surface area (Å²) in [5.41, 5.74) is 5.85. The molecule has 0 spiro atoms. The smallest absolute Gasteiger partial charge is 0.105 e. The lowest BCUT2D eigenvalue weighted by atomic mass is 10.2. The third-order valence-corrected chi connectivity index (χ3v) is 3.40. The van der Waals surface area contributed by atoms with Crippen molar-refractivity contribution in [2.45, 2.75) is 27.3 Å². The van der Waals surface area contributed by atoms with Gasteiger partial charge < -0.3 is 10.4 Å². The molecule has 4 nitrogen and oxygen atoms in total. The molecular formula is C15H22N3O+. The second kappa shape index (κ2) is 5.99. The number of aliphatic hydroxyl groups excluding tert-OH is 1. The number of quaternary nitrogens is 1. The number of rotatable bonds is 5. The number of aliphatic hydroxyl groups is 1. The summed E-state index contributed by atoms with van der Waals surface area (Å²) in [6.45, 7) is 8.03. The van der Waals surface area contributed by atoms with Crippen molar-refractivity contribution < 1.29 is 10.4 Å². The fourth-order valence-electron chi connectivity index (χ4n) is 2.25. The van der Waals surface area contributed by atoms with Crippen molar-refractivity contribution in [3.05, 3.63) is 46.8 Å². The molecule has 1 aromatic heterocycles. The van der Waals surface area contributed by atoms with Gasteiger partial charge in [-0.1, -0.05) is 17.7 Å². The van der Waals surface area contributed by atoms with E-state index >= 15 is 0 Å². The third kappa shape index (κ3) is 3.03. The standard InChI is InChI=1S/C15H21N3O/c1-11-4-6-14(7-5-11)18-13(3)15(12(2)17-18)10-16-8-9-19/h4-7,16,19H,8-10H2,1-3H3/p+1. The van der Waals surface area contributed by atoms with Crippen LogP contribution in [0.5, 0.6) is 0 Å². The van der Waals surface area contributed by atoms with E-state index in [2.05, 4.69) is 48.5 Å². The minimum Gasteiger partial charge on any atom is -0.391 e. The Morgan fingerprint density at radius 1 is 1.16 bits per heavy atom. The Labute approximate surface area is 114 Å². The number of nitrogens with two attached hydrogens (primary N) is 1. The van der Waals surface area contributed by atoms with Crippen molar-refractivity contribution in [1.82, 2.24) is 9.78 Å². The van der Waals surface area contributed by atoms with E-state index in [1.54, 1.807) is 0 Å². The highest BCUT2D eigenvalue weighted by Crippen LogP contribution is 2.17. The van der Waals surface area contributed by atoms with Crippen LogP contribution in [0.1, 0.15) is 22.5 Å². The lowest BCUT2D eigenvalue weighted by Gasteiger charge is -2.05. The van der Waals surface area contributed by atoms with Crippen LogP contribution in [-0.4, -0.2) is 28.0 Å². The molecule has 19 heavy (non-hydrogen) atoms. The van der Waals surface area contributed by atoms with Crippen LogP contribution < -0.4 is 5.32 Å². The van der Waals surface area contributed by atoms with E-state index in [4.69, 9.17) is 5.11 Å². The highest BCUT2D eigenvalue weighted by molar-refractivity contribution is 5.38. The van der Waals surface area contributed by atoms with Gasteiger partial charge in [-0.05, 0) is 32.9 Å². The summed E-state index contributed by atoms with van der Waals surface area (Å²) in [6.07, 6.45) is 0. The fraction of sp³-hybridized carbons (Fsp3) is 0.400. The first-order chi connectivity index (χ1) is 9.13. The van der Waals surface area contributed by atoms with E-state index in [-0.39, 0.29) is 6.61 Å². The third-order valence-electron chi connectivity index (χ3n) is 3.40. The zero-order valence-corrected chi connectivity index (χ0v) is 11.8. The predicted molar refractivity (Wildman–Crippen MR) is 75.4 cm³/mol. The van der Waals surface area contributed by atoms with Crippen LogP contribution in [0, 0.1) is 20.8 Å². The number of aryl methyl sites for hydroxylation is 2. The van der Waals surface area contributed by atoms with Gasteiger partial charge in [-0.2, -0.15) is 5.10 Å². The molecule has 0 aliphatic rings. The van der Waals surface area contributed by atoms with Crippen LogP contribution in [0.4, 0.5) is 0 Å². The van der Waals surface area contributed by atoms with Gasteiger partial charge in [0, 0.05) is 0 Å². The predicted octanol–water partition coefficient (Wildman–Crippen LogP) is 0.853. The maximum absolute atomic E-state index is 8.84. The van der Waals surface area contributed by atoms with Crippen molar-refractivity contribution in [3.63, 3.8) is 0 Å². The molecule has 0 atom stereocenters. The average molecular weight is 260 g/mol. The number of nitrogens with zero attached hydrogens (tertiary/aromatic N) is 2. The molecule has 3 N–H and O–H groups in total. The second-order valence-corrected chi connectivity index (χ2v) is 4.90. The largest absolute Gasteiger partial charge is 0.391 e. The molecule has 0 aliphatic heterocycles. The molecule has 1 heterocycles. The molecule has 0 bridgehead atoms. The Bertz CT molecular complexity index is 543. The van der Waals surface area contributed by atoms with E-state index in [9.17, 15) is 0 Å².